The van der Waals surface area contributed by atoms with Crippen molar-refractivity contribution in [2.45, 2.75) is 19.9 Å². The van der Waals surface area contributed by atoms with Crippen LogP contribution in [-0.2, 0) is 9.59 Å². The number of hydrogen-bond acceptors (Lipinski definition) is 5. The molecule has 2 aromatic carbocycles. The third-order valence-electron chi connectivity index (χ3n) is 5.25. The van der Waals surface area contributed by atoms with Crippen molar-refractivity contribution in [1.29, 1.82) is 0 Å². The lowest BCUT2D eigenvalue weighted by Gasteiger charge is -2.25. The van der Waals surface area contributed by atoms with E-state index in [4.69, 9.17) is 4.74 Å². The van der Waals surface area contributed by atoms with E-state index in [2.05, 4.69) is 0 Å². The summed E-state index contributed by atoms with van der Waals surface area (Å²) in [6.45, 7) is 3.90. The van der Waals surface area contributed by atoms with Gasteiger partial charge < -0.3 is 9.84 Å². The van der Waals surface area contributed by atoms with Gasteiger partial charge in [0.2, 0.25) is 0 Å². The van der Waals surface area contributed by atoms with E-state index in [1.165, 1.54) is 23.3 Å². The molecule has 1 aliphatic rings. The number of methoxy groups -OCH3 is 1. The molecule has 4 rings (SSSR count). The number of nitrogens with zero attached hydrogens (tertiary/aromatic N) is 1. The molecule has 3 aromatic rings. The Kier molecular flexibility index (Phi) is 5.18. The first-order valence-corrected chi connectivity index (χ1v) is 10.4. The van der Waals surface area contributed by atoms with E-state index in [9.17, 15) is 14.7 Å². The van der Waals surface area contributed by atoms with Crippen LogP contribution in [-0.4, -0.2) is 23.9 Å². The normalized spacial score (nSPS) is 18.1. The molecule has 30 heavy (non-hydrogen) atoms. The summed E-state index contributed by atoms with van der Waals surface area (Å²) in [6, 6.07) is 15.5. The van der Waals surface area contributed by atoms with Crippen LogP contribution in [0, 0.1) is 13.8 Å². The third-order valence-corrected chi connectivity index (χ3v) is 6.32. The standard InChI is InChI=1S/C24H21NO4S/c1-14-7-9-17(10-8-14)25-20(23-15(2)11-12-30-23)19(22(27)24(25)28)21(26)16-5-4-6-18(13-16)29-3/h4-13,20,26H,1-3H3/b21-19-. The summed E-state index contributed by atoms with van der Waals surface area (Å²) in [6.07, 6.45) is 0. The Morgan fingerprint density at radius 1 is 1.07 bits per heavy atom. The van der Waals surface area contributed by atoms with Crippen molar-refractivity contribution in [2.75, 3.05) is 12.0 Å². The van der Waals surface area contributed by atoms with Gasteiger partial charge in [0, 0.05) is 16.1 Å². The van der Waals surface area contributed by atoms with Gasteiger partial charge in [-0.3, -0.25) is 14.5 Å². The number of ether oxygens (including phenoxy) is 1. The molecule has 1 amide bonds. The molecule has 1 saturated heterocycles. The quantitative estimate of drug-likeness (QED) is 0.367. The minimum Gasteiger partial charge on any atom is -0.507 e. The number of anilines is 1. The highest BCUT2D eigenvalue weighted by atomic mass is 32.1. The van der Waals surface area contributed by atoms with Gasteiger partial charge in [0.05, 0.1) is 12.7 Å². The predicted molar refractivity (Wildman–Crippen MR) is 118 cm³/mol. The SMILES string of the molecule is COc1cccc(/C(O)=C2/C(=O)C(=O)N(c3ccc(C)cc3)C2c2sccc2C)c1. The Morgan fingerprint density at radius 2 is 1.80 bits per heavy atom. The smallest absolute Gasteiger partial charge is 0.300 e. The first kappa shape index (κ1) is 19.9. The molecule has 2 heterocycles. The Morgan fingerprint density at radius 3 is 2.43 bits per heavy atom. The van der Waals surface area contributed by atoms with Crippen molar-refractivity contribution in [2.24, 2.45) is 0 Å². The van der Waals surface area contributed by atoms with Gasteiger partial charge in [0.15, 0.2) is 0 Å². The van der Waals surface area contributed by atoms with E-state index in [0.29, 0.717) is 17.0 Å². The minimum absolute atomic E-state index is 0.0828. The van der Waals surface area contributed by atoms with Crippen LogP contribution < -0.4 is 9.64 Å². The monoisotopic (exact) mass is 419 g/mol. The number of carbonyl (C=O) groups is 2. The van der Waals surface area contributed by atoms with Crippen LogP contribution >= 0.6 is 11.3 Å². The van der Waals surface area contributed by atoms with Gasteiger partial charge in [-0.2, -0.15) is 0 Å². The number of benzene rings is 2. The second kappa shape index (κ2) is 7.80. The molecule has 6 heteroatoms. The van der Waals surface area contributed by atoms with E-state index in [0.717, 1.165) is 16.0 Å². The number of hydrogen-bond donors (Lipinski definition) is 1. The van der Waals surface area contributed by atoms with Gasteiger partial charge in [-0.05, 0) is 55.1 Å². The summed E-state index contributed by atoms with van der Waals surface area (Å²) in [5.41, 5.74) is 3.14. The van der Waals surface area contributed by atoms with Gasteiger partial charge in [0.25, 0.3) is 11.7 Å². The summed E-state index contributed by atoms with van der Waals surface area (Å²) in [4.78, 5) is 28.5. The second-order valence-electron chi connectivity index (χ2n) is 7.20. The van der Waals surface area contributed by atoms with Crippen LogP contribution in [0.5, 0.6) is 5.75 Å². The van der Waals surface area contributed by atoms with Crippen molar-refractivity contribution in [3.63, 3.8) is 0 Å². The van der Waals surface area contributed by atoms with Crippen molar-refractivity contribution < 1.29 is 19.4 Å². The highest BCUT2D eigenvalue weighted by Crippen LogP contribution is 2.44. The van der Waals surface area contributed by atoms with Gasteiger partial charge in [-0.25, -0.2) is 0 Å². The molecule has 1 N–H and O–H groups in total. The molecule has 1 atom stereocenters. The lowest BCUT2D eigenvalue weighted by Crippen LogP contribution is -2.29. The molecule has 0 spiro atoms. The van der Waals surface area contributed by atoms with Gasteiger partial charge in [-0.1, -0.05) is 29.8 Å². The van der Waals surface area contributed by atoms with E-state index in [1.54, 1.807) is 24.3 Å². The summed E-state index contributed by atoms with van der Waals surface area (Å²) in [5, 5.41) is 13.0. The Labute approximate surface area is 178 Å². The molecule has 1 aliphatic heterocycles. The largest absolute Gasteiger partial charge is 0.507 e. The van der Waals surface area contributed by atoms with Crippen LogP contribution in [0.25, 0.3) is 5.76 Å². The molecule has 1 aromatic heterocycles. The maximum absolute atomic E-state index is 13.1. The van der Waals surface area contributed by atoms with Crippen LogP contribution in [0.15, 0.2) is 65.6 Å². The van der Waals surface area contributed by atoms with E-state index < -0.39 is 17.7 Å². The average Bonchev–Trinajstić information content (AvgIpc) is 3.29. The maximum atomic E-state index is 13.1. The topological polar surface area (TPSA) is 66.8 Å². The highest BCUT2D eigenvalue weighted by Gasteiger charge is 2.47. The van der Waals surface area contributed by atoms with Crippen molar-refractivity contribution in [3.05, 3.63) is 87.1 Å². The zero-order valence-electron chi connectivity index (χ0n) is 16.9. The Hall–Kier alpha value is -3.38. The van der Waals surface area contributed by atoms with Crippen molar-refractivity contribution in [3.8, 4) is 5.75 Å². The van der Waals surface area contributed by atoms with Crippen LogP contribution in [0.3, 0.4) is 0 Å². The fourth-order valence-electron chi connectivity index (χ4n) is 3.64. The first-order valence-electron chi connectivity index (χ1n) is 9.48. The van der Waals surface area contributed by atoms with E-state index >= 15 is 0 Å². The van der Waals surface area contributed by atoms with Crippen molar-refractivity contribution >= 4 is 34.5 Å². The first-order chi connectivity index (χ1) is 14.4. The number of Topliss-reactive ketones (excluding diaryl/α,β-unsaturated/α-hetero) is 1. The summed E-state index contributed by atoms with van der Waals surface area (Å²) in [7, 11) is 1.53. The third kappa shape index (κ3) is 3.29. The molecular formula is C24H21NO4S. The second-order valence-corrected chi connectivity index (χ2v) is 8.15. The number of amides is 1. The molecule has 0 aliphatic carbocycles. The van der Waals surface area contributed by atoms with Crippen LogP contribution in [0.1, 0.15) is 27.6 Å². The Balaban J connectivity index is 1.94. The average molecular weight is 420 g/mol. The number of aliphatic hydroxyl groups is 1. The van der Waals surface area contributed by atoms with Gasteiger partial charge in [0.1, 0.15) is 17.6 Å². The molecular weight excluding hydrogens is 398 g/mol. The number of ketones is 1. The lowest BCUT2D eigenvalue weighted by molar-refractivity contribution is -0.132. The number of thiophene rings is 1. The number of aryl methyl sites for hydroxylation is 2. The zero-order chi connectivity index (χ0) is 21.4. The highest BCUT2D eigenvalue weighted by molar-refractivity contribution is 7.10. The summed E-state index contributed by atoms with van der Waals surface area (Å²) in [5.74, 6) is -1.01. The Bertz CT molecular complexity index is 1160. The maximum Gasteiger partial charge on any atom is 0.300 e. The number of carbonyl (C=O) groups excluding carboxylic acids is 2. The van der Waals surface area contributed by atoms with Gasteiger partial charge >= 0.3 is 0 Å². The molecule has 0 saturated carbocycles. The molecule has 0 radical (unpaired) electrons. The number of rotatable bonds is 4. The molecule has 5 nitrogen and oxygen atoms in total. The molecule has 1 fully saturated rings. The van der Waals surface area contributed by atoms with Crippen molar-refractivity contribution in [1.82, 2.24) is 0 Å². The number of aliphatic hydroxyl groups excluding tert-OH is 1. The van der Waals surface area contributed by atoms with Gasteiger partial charge in [-0.15, -0.1) is 11.3 Å². The fraction of sp³-hybridized carbons (Fsp3) is 0.167. The van der Waals surface area contributed by atoms with Crippen LogP contribution in [0.4, 0.5) is 5.69 Å². The van der Waals surface area contributed by atoms with E-state index in [-0.39, 0.29) is 11.3 Å². The zero-order valence-corrected chi connectivity index (χ0v) is 17.7. The minimum atomic E-state index is -0.700. The summed E-state index contributed by atoms with van der Waals surface area (Å²) >= 11 is 1.46. The summed E-state index contributed by atoms with van der Waals surface area (Å²) < 4.78 is 5.24. The van der Waals surface area contributed by atoms with Crippen LogP contribution in [0.2, 0.25) is 0 Å². The van der Waals surface area contributed by atoms with E-state index in [1.807, 2.05) is 49.6 Å². The molecule has 0 bridgehead atoms. The molecule has 152 valence electrons. The predicted octanol–water partition coefficient (Wildman–Crippen LogP) is 5.00. The molecule has 1 unspecified atom stereocenters. The lowest BCUT2D eigenvalue weighted by atomic mass is 9.98. The fourth-order valence-corrected chi connectivity index (χ4v) is 4.67.